The number of carbonyl (C=O) groups excluding carboxylic acids is 1. The van der Waals surface area contributed by atoms with Crippen LogP contribution in [0.3, 0.4) is 0 Å². The summed E-state index contributed by atoms with van der Waals surface area (Å²) in [6.45, 7) is 4.32. The van der Waals surface area contributed by atoms with E-state index in [4.69, 9.17) is 0 Å². The van der Waals surface area contributed by atoms with Gasteiger partial charge in [0.15, 0.2) is 5.69 Å². The Kier molecular flexibility index (Phi) is 6.62. The first-order chi connectivity index (χ1) is 13.7. The topological polar surface area (TPSA) is 41.4 Å². The van der Waals surface area contributed by atoms with Crippen LogP contribution in [-0.2, 0) is 24.1 Å². The van der Waals surface area contributed by atoms with Gasteiger partial charge in [0.2, 0.25) is 5.91 Å². The van der Waals surface area contributed by atoms with Crippen LogP contribution in [0.25, 0.3) is 0 Å². The molecule has 1 aliphatic rings. The molecule has 1 saturated heterocycles. The summed E-state index contributed by atoms with van der Waals surface area (Å²) in [5, 5.41) is 3.60. The highest BCUT2D eigenvalue weighted by Crippen LogP contribution is 2.35. The monoisotopic (exact) mass is 476 g/mol. The maximum atomic E-state index is 13.8. The lowest BCUT2D eigenvalue weighted by molar-refractivity contribution is -0.142. The smallest absolute Gasteiger partial charge is 0.340 e. The molecule has 0 aliphatic carbocycles. The first kappa shape index (κ1) is 21.8. The average Bonchev–Trinajstić information content (AvgIpc) is 2.97. The number of aryl methyl sites for hydroxylation is 1. The predicted molar refractivity (Wildman–Crippen MR) is 103 cm³/mol. The van der Waals surface area contributed by atoms with E-state index in [0.29, 0.717) is 44.0 Å². The van der Waals surface area contributed by atoms with E-state index in [9.17, 15) is 22.4 Å². The lowest BCUT2D eigenvalue weighted by Gasteiger charge is -2.34. The molecule has 0 atom stereocenters. The molecule has 158 valence electrons. The average molecular weight is 477 g/mol. The molecule has 0 bridgehead atoms. The van der Waals surface area contributed by atoms with Crippen LogP contribution in [-0.4, -0.2) is 51.7 Å². The van der Waals surface area contributed by atoms with Crippen LogP contribution in [0.2, 0.25) is 0 Å². The quantitative estimate of drug-likeness (QED) is 0.615. The molecule has 2 aromatic rings. The van der Waals surface area contributed by atoms with Crippen molar-refractivity contribution in [1.29, 1.82) is 0 Å². The summed E-state index contributed by atoms with van der Waals surface area (Å²) in [6, 6.07) is 6.60. The van der Waals surface area contributed by atoms with Crippen molar-refractivity contribution in [2.75, 3.05) is 26.2 Å². The third-order valence-corrected chi connectivity index (χ3v) is 5.97. The largest absolute Gasteiger partial charge is 0.436 e. The number of hydrogen-bond donors (Lipinski definition) is 0. The van der Waals surface area contributed by atoms with Crippen molar-refractivity contribution in [2.24, 2.45) is 0 Å². The Labute approximate surface area is 174 Å². The van der Waals surface area contributed by atoms with Crippen LogP contribution in [0.4, 0.5) is 17.6 Å². The summed E-state index contributed by atoms with van der Waals surface area (Å²) in [5.74, 6) is -0.375. The normalized spacial score (nSPS) is 15.7. The first-order valence-electron chi connectivity index (χ1n) is 9.20. The van der Waals surface area contributed by atoms with E-state index in [-0.39, 0.29) is 29.2 Å². The second kappa shape index (κ2) is 8.83. The van der Waals surface area contributed by atoms with Crippen molar-refractivity contribution >= 4 is 21.8 Å². The Hall–Kier alpha value is -1.94. The standard InChI is InChI=1S/C19H21BrF4N4O/c1-13-17(20)18(19(22,23)24)25-28(13)7-6-16(29)27-10-8-26(9-11-27)12-14-4-2-3-5-15(14)21/h2-5H,6-12H2,1H3. The highest BCUT2D eigenvalue weighted by atomic mass is 79.9. The van der Waals surface area contributed by atoms with Crippen molar-refractivity contribution < 1.29 is 22.4 Å². The van der Waals surface area contributed by atoms with Crippen LogP contribution < -0.4 is 0 Å². The third-order valence-electron chi connectivity index (χ3n) is 5.02. The zero-order chi connectivity index (χ0) is 21.2. The maximum absolute atomic E-state index is 13.8. The van der Waals surface area contributed by atoms with E-state index >= 15 is 0 Å². The Morgan fingerprint density at radius 2 is 1.83 bits per heavy atom. The molecule has 10 heteroatoms. The molecule has 1 aliphatic heterocycles. The van der Waals surface area contributed by atoms with Gasteiger partial charge in [0.25, 0.3) is 0 Å². The Morgan fingerprint density at radius 3 is 2.41 bits per heavy atom. The van der Waals surface area contributed by atoms with Crippen molar-refractivity contribution in [2.45, 2.75) is 32.6 Å². The van der Waals surface area contributed by atoms with Crippen molar-refractivity contribution in [1.82, 2.24) is 19.6 Å². The minimum atomic E-state index is -4.55. The number of benzene rings is 1. The maximum Gasteiger partial charge on any atom is 0.436 e. The minimum Gasteiger partial charge on any atom is -0.340 e. The predicted octanol–water partition coefficient (Wildman–Crippen LogP) is 3.85. The van der Waals surface area contributed by atoms with E-state index in [2.05, 4.69) is 25.9 Å². The van der Waals surface area contributed by atoms with E-state index in [1.54, 1.807) is 23.1 Å². The number of carbonyl (C=O) groups is 1. The van der Waals surface area contributed by atoms with Gasteiger partial charge in [-0.05, 0) is 28.9 Å². The number of halogens is 5. The molecule has 2 heterocycles. The van der Waals surface area contributed by atoms with Gasteiger partial charge in [0.1, 0.15) is 5.82 Å². The number of alkyl halides is 3. The Morgan fingerprint density at radius 1 is 1.17 bits per heavy atom. The molecular weight excluding hydrogens is 456 g/mol. The summed E-state index contributed by atoms with van der Waals surface area (Å²) in [4.78, 5) is 16.2. The molecular formula is C19H21BrF4N4O. The molecule has 1 aromatic heterocycles. The fraction of sp³-hybridized carbons (Fsp3) is 0.474. The first-order valence-corrected chi connectivity index (χ1v) is 9.99. The lowest BCUT2D eigenvalue weighted by Crippen LogP contribution is -2.48. The van der Waals surface area contributed by atoms with Crippen molar-refractivity contribution in [3.63, 3.8) is 0 Å². The van der Waals surface area contributed by atoms with Gasteiger partial charge in [0.05, 0.1) is 16.7 Å². The van der Waals surface area contributed by atoms with E-state index in [1.807, 2.05) is 0 Å². The molecule has 5 nitrogen and oxygen atoms in total. The highest BCUT2D eigenvalue weighted by Gasteiger charge is 2.38. The fourth-order valence-electron chi connectivity index (χ4n) is 3.31. The van der Waals surface area contributed by atoms with Crippen LogP contribution in [0.1, 0.15) is 23.4 Å². The van der Waals surface area contributed by atoms with Crippen LogP contribution in [0, 0.1) is 12.7 Å². The molecule has 0 spiro atoms. The molecule has 0 saturated carbocycles. The summed E-state index contributed by atoms with van der Waals surface area (Å²) in [6.07, 6.45) is -4.48. The van der Waals surface area contributed by atoms with Gasteiger partial charge in [0, 0.05) is 44.7 Å². The van der Waals surface area contributed by atoms with Gasteiger partial charge in [-0.15, -0.1) is 0 Å². The molecule has 0 unspecified atom stereocenters. The molecule has 1 fully saturated rings. The van der Waals surface area contributed by atoms with Crippen molar-refractivity contribution in [3.8, 4) is 0 Å². The number of hydrogen-bond acceptors (Lipinski definition) is 3. The van der Waals surface area contributed by atoms with E-state index in [1.165, 1.54) is 17.7 Å². The van der Waals surface area contributed by atoms with Crippen molar-refractivity contribution in [3.05, 3.63) is 51.5 Å². The van der Waals surface area contributed by atoms with Gasteiger partial charge in [-0.2, -0.15) is 18.3 Å². The Bertz CT molecular complexity index is 876. The number of amides is 1. The fourth-order valence-corrected chi connectivity index (χ4v) is 3.81. The molecule has 1 aromatic carbocycles. The second-order valence-corrected chi connectivity index (χ2v) is 7.76. The highest BCUT2D eigenvalue weighted by molar-refractivity contribution is 9.10. The zero-order valence-corrected chi connectivity index (χ0v) is 17.4. The van der Waals surface area contributed by atoms with E-state index < -0.39 is 11.9 Å². The molecule has 1 amide bonds. The number of rotatable bonds is 5. The molecule has 0 N–H and O–H groups in total. The minimum absolute atomic E-state index is 0.0690. The number of nitrogens with zero attached hydrogens (tertiary/aromatic N) is 4. The van der Waals surface area contributed by atoms with Crippen LogP contribution in [0.15, 0.2) is 28.7 Å². The summed E-state index contributed by atoms with van der Waals surface area (Å²) >= 11 is 2.93. The summed E-state index contributed by atoms with van der Waals surface area (Å²) < 4.78 is 53.7. The Balaban J connectivity index is 1.51. The second-order valence-electron chi connectivity index (χ2n) is 6.97. The molecule has 29 heavy (non-hydrogen) atoms. The van der Waals surface area contributed by atoms with Crippen LogP contribution in [0.5, 0.6) is 0 Å². The van der Waals surface area contributed by atoms with Crippen LogP contribution >= 0.6 is 15.9 Å². The van der Waals surface area contributed by atoms with Gasteiger partial charge < -0.3 is 4.90 Å². The number of piperazine rings is 1. The summed E-state index contributed by atoms with van der Waals surface area (Å²) in [7, 11) is 0. The van der Waals surface area contributed by atoms with Gasteiger partial charge in [-0.1, -0.05) is 18.2 Å². The molecule has 0 radical (unpaired) electrons. The zero-order valence-electron chi connectivity index (χ0n) is 15.8. The molecule has 3 rings (SSSR count). The van der Waals surface area contributed by atoms with Gasteiger partial charge in [-0.3, -0.25) is 14.4 Å². The van der Waals surface area contributed by atoms with E-state index in [0.717, 1.165) is 0 Å². The lowest BCUT2D eigenvalue weighted by atomic mass is 10.2. The SMILES string of the molecule is Cc1c(Br)c(C(F)(F)F)nn1CCC(=O)N1CCN(Cc2ccccc2F)CC1. The number of aromatic nitrogens is 2. The summed E-state index contributed by atoms with van der Waals surface area (Å²) in [5.41, 5.74) is -0.0310. The van der Waals surface area contributed by atoms with Gasteiger partial charge in [-0.25, -0.2) is 4.39 Å². The third kappa shape index (κ3) is 5.16. The van der Waals surface area contributed by atoms with Gasteiger partial charge >= 0.3 is 6.18 Å².